The molecule has 1 aromatic carbocycles. The number of methoxy groups -OCH3 is 1. The van der Waals surface area contributed by atoms with Crippen LogP contribution in [0.15, 0.2) is 12.1 Å². The highest BCUT2D eigenvalue weighted by atomic mass is 16.5. The van der Waals surface area contributed by atoms with Crippen LogP contribution in [-0.4, -0.2) is 26.7 Å². The van der Waals surface area contributed by atoms with Gasteiger partial charge in [-0.15, -0.1) is 0 Å². The molecule has 3 nitrogen and oxygen atoms in total. The van der Waals surface area contributed by atoms with Crippen LogP contribution in [0.25, 0.3) is 0 Å². The Morgan fingerprint density at radius 1 is 1.22 bits per heavy atom. The normalized spacial score (nSPS) is 12.7. The van der Waals surface area contributed by atoms with Crippen LogP contribution in [0, 0.1) is 19.8 Å². The Hall–Kier alpha value is -1.22. The molecular weight excluding hydrogens is 224 g/mol. The molecule has 0 aliphatic rings. The largest absolute Gasteiger partial charge is 0.496 e. The first-order chi connectivity index (χ1) is 8.43. The van der Waals surface area contributed by atoms with E-state index in [-0.39, 0.29) is 0 Å². The van der Waals surface area contributed by atoms with Crippen molar-refractivity contribution in [2.75, 3.05) is 25.6 Å². The number of likely N-dealkylation sites (N-methyl/N-ethyl adjacent to an activating group) is 1. The first-order valence-corrected chi connectivity index (χ1v) is 6.51. The van der Waals surface area contributed by atoms with Gasteiger partial charge in [-0.05, 0) is 43.0 Å². The van der Waals surface area contributed by atoms with Crippen molar-refractivity contribution in [1.82, 2.24) is 0 Å². The smallest absolute Gasteiger partial charge is 0.122 e. The fourth-order valence-corrected chi connectivity index (χ4v) is 2.44. The van der Waals surface area contributed by atoms with Crippen molar-refractivity contribution in [1.29, 1.82) is 0 Å². The number of hydrogen-bond acceptors (Lipinski definition) is 3. The minimum Gasteiger partial charge on any atom is -0.496 e. The summed E-state index contributed by atoms with van der Waals surface area (Å²) in [6, 6.07) is 4.50. The molecule has 3 heteroatoms. The van der Waals surface area contributed by atoms with E-state index in [0.717, 1.165) is 5.75 Å². The molecular formula is C15H26N2O. The molecule has 18 heavy (non-hydrogen) atoms. The number of benzene rings is 1. The van der Waals surface area contributed by atoms with E-state index >= 15 is 0 Å². The second-order valence-corrected chi connectivity index (χ2v) is 5.19. The summed E-state index contributed by atoms with van der Waals surface area (Å²) in [6.45, 7) is 9.31. The molecule has 0 radical (unpaired) electrons. The minimum atomic E-state index is 0.358. The van der Waals surface area contributed by atoms with Crippen LogP contribution in [0.1, 0.15) is 25.0 Å². The molecule has 0 aromatic heterocycles. The Kier molecular flexibility index (Phi) is 5.03. The lowest BCUT2D eigenvalue weighted by Gasteiger charge is -2.33. The van der Waals surface area contributed by atoms with Gasteiger partial charge >= 0.3 is 0 Å². The summed E-state index contributed by atoms with van der Waals surface area (Å²) in [6.07, 6.45) is 0. The third-order valence-electron chi connectivity index (χ3n) is 3.82. The Balaban J connectivity index is 3.13. The Morgan fingerprint density at radius 3 is 2.28 bits per heavy atom. The molecule has 0 aliphatic carbocycles. The number of hydrogen-bond donors (Lipinski definition) is 1. The quantitative estimate of drug-likeness (QED) is 0.873. The number of ether oxygens (including phenoxy) is 1. The van der Waals surface area contributed by atoms with E-state index in [2.05, 4.69) is 45.7 Å². The minimum absolute atomic E-state index is 0.358. The zero-order valence-corrected chi connectivity index (χ0v) is 12.4. The molecule has 1 unspecified atom stereocenters. The van der Waals surface area contributed by atoms with Crippen LogP contribution in [0.2, 0.25) is 0 Å². The van der Waals surface area contributed by atoms with Crippen molar-refractivity contribution in [3.05, 3.63) is 23.3 Å². The summed E-state index contributed by atoms with van der Waals surface area (Å²) >= 11 is 0. The summed E-state index contributed by atoms with van der Waals surface area (Å²) in [5.41, 5.74) is 9.58. The molecule has 0 fully saturated rings. The van der Waals surface area contributed by atoms with Gasteiger partial charge in [0.05, 0.1) is 7.11 Å². The van der Waals surface area contributed by atoms with E-state index in [1.54, 1.807) is 7.11 Å². The number of nitrogens with two attached hydrogens (primary N) is 1. The maximum Gasteiger partial charge on any atom is 0.122 e. The van der Waals surface area contributed by atoms with E-state index in [4.69, 9.17) is 10.5 Å². The van der Waals surface area contributed by atoms with E-state index in [1.165, 1.54) is 16.8 Å². The van der Waals surface area contributed by atoms with Crippen LogP contribution in [0.5, 0.6) is 5.75 Å². The van der Waals surface area contributed by atoms with Crippen LogP contribution < -0.4 is 15.4 Å². The highest BCUT2D eigenvalue weighted by Gasteiger charge is 2.19. The summed E-state index contributed by atoms with van der Waals surface area (Å²) in [5.74, 6) is 1.47. The van der Waals surface area contributed by atoms with Crippen molar-refractivity contribution in [2.45, 2.75) is 33.7 Å². The van der Waals surface area contributed by atoms with Crippen molar-refractivity contribution in [3.63, 3.8) is 0 Å². The Morgan fingerprint density at radius 2 is 1.83 bits per heavy atom. The third kappa shape index (κ3) is 2.78. The molecule has 0 saturated heterocycles. The topological polar surface area (TPSA) is 38.5 Å². The molecule has 2 N–H and O–H groups in total. The first-order valence-electron chi connectivity index (χ1n) is 6.51. The molecule has 0 aliphatic heterocycles. The van der Waals surface area contributed by atoms with Crippen LogP contribution in [0.3, 0.4) is 0 Å². The number of nitrogens with zero attached hydrogens (tertiary/aromatic N) is 1. The fourth-order valence-electron chi connectivity index (χ4n) is 2.44. The van der Waals surface area contributed by atoms with E-state index in [1.807, 2.05) is 6.07 Å². The molecule has 0 amide bonds. The van der Waals surface area contributed by atoms with Gasteiger partial charge in [0, 0.05) is 25.3 Å². The molecule has 0 spiro atoms. The zero-order valence-electron chi connectivity index (χ0n) is 12.4. The summed E-state index contributed by atoms with van der Waals surface area (Å²) in [5, 5.41) is 0. The third-order valence-corrected chi connectivity index (χ3v) is 3.82. The maximum absolute atomic E-state index is 5.89. The van der Waals surface area contributed by atoms with Gasteiger partial charge in [0.2, 0.25) is 0 Å². The Bertz CT molecular complexity index is 402. The van der Waals surface area contributed by atoms with Crippen molar-refractivity contribution in [3.8, 4) is 5.75 Å². The highest BCUT2D eigenvalue weighted by Crippen LogP contribution is 2.30. The molecule has 102 valence electrons. The van der Waals surface area contributed by atoms with Crippen molar-refractivity contribution < 1.29 is 4.74 Å². The SMILES string of the molecule is COc1ccc(N(C)C(CN)C(C)C)c(C)c1C. The summed E-state index contributed by atoms with van der Waals surface area (Å²) in [7, 11) is 3.83. The predicted octanol–water partition coefficient (Wildman–Crippen LogP) is 2.73. The zero-order chi connectivity index (χ0) is 13.9. The molecule has 1 atom stereocenters. The van der Waals surface area contributed by atoms with Gasteiger partial charge in [0.25, 0.3) is 0 Å². The van der Waals surface area contributed by atoms with Gasteiger partial charge in [0.15, 0.2) is 0 Å². The van der Waals surface area contributed by atoms with Crippen LogP contribution in [0.4, 0.5) is 5.69 Å². The van der Waals surface area contributed by atoms with Crippen LogP contribution in [-0.2, 0) is 0 Å². The van der Waals surface area contributed by atoms with Gasteiger partial charge in [0.1, 0.15) is 5.75 Å². The molecule has 0 bridgehead atoms. The summed E-state index contributed by atoms with van der Waals surface area (Å²) < 4.78 is 5.35. The van der Waals surface area contributed by atoms with Crippen molar-refractivity contribution in [2.24, 2.45) is 11.7 Å². The maximum atomic E-state index is 5.89. The Labute approximate surface area is 111 Å². The van der Waals surface area contributed by atoms with E-state index < -0.39 is 0 Å². The van der Waals surface area contributed by atoms with Gasteiger partial charge in [-0.3, -0.25) is 0 Å². The molecule has 0 heterocycles. The fraction of sp³-hybridized carbons (Fsp3) is 0.600. The molecule has 1 aromatic rings. The second-order valence-electron chi connectivity index (χ2n) is 5.19. The van der Waals surface area contributed by atoms with Gasteiger partial charge in [-0.25, -0.2) is 0 Å². The van der Waals surface area contributed by atoms with Gasteiger partial charge in [-0.2, -0.15) is 0 Å². The van der Waals surface area contributed by atoms with E-state index in [0.29, 0.717) is 18.5 Å². The lowest BCUT2D eigenvalue weighted by atomic mass is 10.00. The van der Waals surface area contributed by atoms with Gasteiger partial charge in [-0.1, -0.05) is 13.8 Å². The predicted molar refractivity (Wildman–Crippen MR) is 78.6 cm³/mol. The molecule has 1 rings (SSSR count). The lowest BCUT2D eigenvalue weighted by molar-refractivity contribution is 0.411. The standard InChI is InChI=1S/C15H26N2O/c1-10(2)14(9-16)17(5)13-7-8-15(18-6)12(4)11(13)3/h7-8,10,14H,9,16H2,1-6H3. The second kappa shape index (κ2) is 6.10. The monoisotopic (exact) mass is 250 g/mol. The number of rotatable bonds is 5. The van der Waals surface area contributed by atoms with E-state index in [9.17, 15) is 0 Å². The summed E-state index contributed by atoms with van der Waals surface area (Å²) in [4.78, 5) is 2.28. The van der Waals surface area contributed by atoms with Gasteiger partial charge < -0.3 is 15.4 Å². The highest BCUT2D eigenvalue weighted by molar-refractivity contribution is 5.60. The van der Waals surface area contributed by atoms with Crippen LogP contribution >= 0.6 is 0 Å². The lowest BCUT2D eigenvalue weighted by Crippen LogP contribution is -2.42. The van der Waals surface area contributed by atoms with Crippen molar-refractivity contribution >= 4 is 5.69 Å². The average Bonchev–Trinajstić information content (AvgIpc) is 2.32. The average molecular weight is 250 g/mol. The first kappa shape index (κ1) is 14.8. The number of anilines is 1. The molecule has 0 saturated carbocycles.